The average Bonchev–Trinajstić information content (AvgIpc) is 2.97. The molecule has 0 aromatic heterocycles. The number of hydrogen-bond acceptors (Lipinski definition) is 5. The summed E-state index contributed by atoms with van der Waals surface area (Å²) in [6.45, 7) is 0. The highest BCUT2D eigenvalue weighted by Gasteiger charge is 2.16. The highest BCUT2D eigenvalue weighted by molar-refractivity contribution is 8.00. The largest absolute Gasteiger partial charge is 0.496 e. The molecule has 0 saturated carbocycles. The van der Waals surface area contributed by atoms with Gasteiger partial charge in [-0.15, -0.1) is 11.8 Å². The van der Waals surface area contributed by atoms with Crippen molar-refractivity contribution < 1.29 is 19.1 Å². The Labute approximate surface area is 231 Å². The fourth-order valence-corrected chi connectivity index (χ4v) is 4.28. The second-order valence-corrected chi connectivity index (χ2v) is 9.35. The van der Waals surface area contributed by atoms with Gasteiger partial charge in [0.25, 0.3) is 11.8 Å². The molecule has 3 N–H and O–H groups in total. The lowest BCUT2D eigenvalue weighted by molar-refractivity contribution is -0.114. The summed E-state index contributed by atoms with van der Waals surface area (Å²) in [5, 5.41) is 8.40. The molecular weight excluding hydrogens is 510 g/mol. The van der Waals surface area contributed by atoms with E-state index < -0.39 is 11.8 Å². The fraction of sp³-hybridized carbons (Fsp3) is 0.0645. The first kappa shape index (κ1) is 27.2. The van der Waals surface area contributed by atoms with E-state index in [1.807, 2.05) is 60.7 Å². The minimum absolute atomic E-state index is 0.0596. The second-order valence-electron chi connectivity index (χ2n) is 8.30. The van der Waals surface area contributed by atoms with Crippen molar-refractivity contribution in [2.75, 3.05) is 23.5 Å². The standard InChI is InChI=1S/C31H27N3O4S/c1-38-28-15-9-8-12-23(28)20-27(34-30(36)22-10-4-2-5-11-22)31(37)33-25-16-18-26(19-17-25)39-21-29(35)32-24-13-6-3-7-14-24/h2-20H,21H2,1H3,(H,32,35)(H,33,37)(H,34,36)/b27-20-. The SMILES string of the molecule is COc1ccccc1/C=C(\NC(=O)c1ccccc1)C(=O)Nc1ccc(SCC(=O)Nc2ccccc2)cc1. The molecule has 39 heavy (non-hydrogen) atoms. The van der Waals surface area contributed by atoms with Gasteiger partial charge >= 0.3 is 0 Å². The van der Waals surface area contributed by atoms with Crippen LogP contribution >= 0.6 is 11.8 Å². The highest BCUT2D eigenvalue weighted by atomic mass is 32.2. The van der Waals surface area contributed by atoms with Crippen molar-refractivity contribution in [1.82, 2.24) is 5.32 Å². The Balaban J connectivity index is 1.44. The molecule has 0 fully saturated rings. The van der Waals surface area contributed by atoms with Crippen molar-refractivity contribution >= 4 is 46.9 Å². The quantitative estimate of drug-likeness (QED) is 0.175. The molecule has 0 aliphatic heterocycles. The van der Waals surface area contributed by atoms with E-state index in [4.69, 9.17) is 4.74 Å². The lowest BCUT2D eigenvalue weighted by Gasteiger charge is -2.13. The monoisotopic (exact) mass is 537 g/mol. The zero-order chi connectivity index (χ0) is 27.5. The summed E-state index contributed by atoms with van der Waals surface area (Å²) in [4.78, 5) is 39.2. The Morgan fingerprint density at radius 2 is 1.36 bits per heavy atom. The van der Waals surface area contributed by atoms with E-state index >= 15 is 0 Å². The van der Waals surface area contributed by atoms with E-state index in [1.54, 1.807) is 61.7 Å². The number of thioether (sulfide) groups is 1. The number of anilines is 2. The molecule has 4 rings (SSSR count). The molecule has 0 aliphatic rings. The topological polar surface area (TPSA) is 96.5 Å². The fourth-order valence-electron chi connectivity index (χ4n) is 3.58. The van der Waals surface area contributed by atoms with E-state index in [-0.39, 0.29) is 17.4 Å². The van der Waals surface area contributed by atoms with Crippen LogP contribution in [-0.2, 0) is 9.59 Å². The van der Waals surface area contributed by atoms with Crippen LogP contribution in [0.4, 0.5) is 11.4 Å². The van der Waals surface area contributed by atoms with Crippen molar-refractivity contribution in [1.29, 1.82) is 0 Å². The van der Waals surface area contributed by atoms with Crippen LogP contribution in [0.3, 0.4) is 0 Å². The Morgan fingerprint density at radius 3 is 2.05 bits per heavy atom. The molecule has 0 bridgehead atoms. The molecule has 0 unspecified atom stereocenters. The van der Waals surface area contributed by atoms with Gasteiger partial charge in [-0.25, -0.2) is 0 Å². The Bertz CT molecular complexity index is 1460. The molecule has 196 valence electrons. The molecule has 0 radical (unpaired) electrons. The molecule has 0 heterocycles. The number of methoxy groups -OCH3 is 1. The maximum Gasteiger partial charge on any atom is 0.272 e. The zero-order valence-electron chi connectivity index (χ0n) is 21.2. The number of benzene rings is 4. The van der Waals surface area contributed by atoms with Gasteiger partial charge in [0.2, 0.25) is 5.91 Å². The molecular formula is C31H27N3O4S. The number of para-hydroxylation sites is 2. The maximum atomic E-state index is 13.3. The van der Waals surface area contributed by atoms with Gasteiger partial charge in [0.15, 0.2) is 0 Å². The van der Waals surface area contributed by atoms with Crippen LogP contribution in [0, 0.1) is 0 Å². The van der Waals surface area contributed by atoms with Gasteiger partial charge in [-0.1, -0.05) is 54.6 Å². The smallest absolute Gasteiger partial charge is 0.272 e. The molecule has 7 nitrogen and oxygen atoms in total. The minimum atomic E-state index is -0.493. The predicted octanol–water partition coefficient (Wildman–Crippen LogP) is 5.84. The summed E-state index contributed by atoms with van der Waals surface area (Å²) < 4.78 is 5.40. The van der Waals surface area contributed by atoms with Gasteiger partial charge in [0, 0.05) is 27.4 Å². The van der Waals surface area contributed by atoms with Crippen LogP contribution in [0.15, 0.2) is 120 Å². The Morgan fingerprint density at radius 1 is 0.744 bits per heavy atom. The predicted molar refractivity (Wildman–Crippen MR) is 156 cm³/mol. The van der Waals surface area contributed by atoms with E-state index in [0.29, 0.717) is 22.6 Å². The normalized spacial score (nSPS) is 10.8. The summed E-state index contributed by atoms with van der Waals surface area (Å²) in [5.41, 5.74) is 2.41. The zero-order valence-corrected chi connectivity index (χ0v) is 22.0. The number of nitrogens with one attached hydrogen (secondary N) is 3. The number of carbonyl (C=O) groups excluding carboxylic acids is 3. The molecule has 4 aromatic rings. The van der Waals surface area contributed by atoms with E-state index in [2.05, 4.69) is 16.0 Å². The van der Waals surface area contributed by atoms with E-state index in [1.165, 1.54) is 11.8 Å². The third kappa shape index (κ3) is 8.08. The molecule has 0 spiro atoms. The van der Waals surface area contributed by atoms with Crippen molar-refractivity contribution in [2.24, 2.45) is 0 Å². The number of carbonyl (C=O) groups is 3. The first-order valence-electron chi connectivity index (χ1n) is 12.1. The number of amides is 3. The van der Waals surface area contributed by atoms with Crippen molar-refractivity contribution in [3.63, 3.8) is 0 Å². The first-order chi connectivity index (χ1) is 19.0. The van der Waals surface area contributed by atoms with Gasteiger partial charge in [0.05, 0.1) is 12.9 Å². The Hall–Kier alpha value is -4.82. The lowest BCUT2D eigenvalue weighted by Crippen LogP contribution is -2.30. The molecule has 0 aliphatic carbocycles. The summed E-state index contributed by atoms with van der Waals surface area (Å²) in [7, 11) is 1.54. The van der Waals surface area contributed by atoms with Gasteiger partial charge in [-0.2, -0.15) is 0 Å². The lowest BCUT2D eigenvalue weighted by atomic mass is 10.1. The average molecular weight is 538 g/mol. The third-order valence-corrected chi connectivity index (χ3v) is 6.52. The van der Waals surface area contributed by atoms with Gasteiger partial charge < -0.3 is 20.7 Å². The van der Waals surface area contributed by atoms with Gasteiger partial charge in [0.1, 0.15) is 11.4 Å². The summed E-state index contributed by atoms with van der Waals surface area (Å²) >= 11 is 1.39. The van der Waals surface area contributed by atoms with Crippen LogP contribution in [0.1, 0.15) is 15.9 Å². The molecule has 4 aromatic carbocycles. The Kier molecular flexibility index (Phi) is 9.52. The molecule has 8 heteroatoms. The summed E-state index contributed by atoms with van der Waals surface area (Å²) in [6.07, 6.45) is 1.57. The summed E-state index contributed by atoms with van der Waals surface area (Å²) in [5.74, 6) is -0.198. The molecule has 3 amide bonds. The van der Waals surface area contributed by atoms with Crippen molar-refractivity contribution in [2.45, 2.75) is 4.90 Å². The first-order valence-corrected chi connectivity index (χ1v) is 13.1. The second kappa shape index (κ2) is 13.6. The van der Waals surface area contributed by atoms with Crippen molar-refractivity contribution in [3.8, 4) is 5.75 Å². The van der Waals surface area contributed by atoms with Gasteiger partial charge in [-0.3, -0.25) is 14.4 Å². The van der Waals surface area contributed by atoms with Crippen molar-refractivity contribution in [3.05, 3.63) is 126 Å². The third-order valence-electron chi connectivity index (χ3n) is 5.51. The van der Waals surface area contributed by atoms with Crippen LogP contribution in [-0.4, -0.2) is 30.6 Å². The molecule has 0 saturated heterocycles. The van der Waals surface area contributed by atoms with Gasteiger partial charge in [-0.05, 0) is 60.7 Å². The number of hydrogen-bond donors (Lipinski definition) is 3. The maximum absolute atomic E-state index is 13.3. The minimum Gasteiger partial charge on any atom is -0.496 e. The number of rotatable bonds is 10. The number of ether oxygens (including phenoxy) is 1. The van der Waals surface area contributed by atoms with E-state index in [0.717, 1.165) is 10.6 Å². The van der Waals surface area contributed by atoms with Crippen LogP contribution < -0.4 is 20.7 Å². The van der Waals surface area contributed by atoms with Crippen LogP contribution in [0.25, 0.3) is 6.08 Å². The summed E-state index contributed by atoms with van der Waals surface area (Å²) in [6, 6.07) is 32.3. The van der Waals surface area contributed by atoms with Crippen LogP contribution in [0.2, 0.25) is 0 Å². The van der Waals surface area contributed by atoms with E-state index in [9.17, 15) is 14.4 Å². The van der Waals surface area contributed by atoms with Crippen LogP contribution in [0.5, 0.6) is 5.75 Å². The molecule has 0 atom stereocenters. The highest BCUT2D eigenvalue weighted by Crippen LogP contribution is 2.23.